The molecule has 2 heterocycles. The van der Waals surface area contributed by atoms with E-state index in [0.717, 1.165) is 21.7 Å². The lowest BCUT2D eigenvalue weighted by Gasteiger charge is -2.35. The molecule has 4 atom stereocenters. The molecule has 0 radical (unpaired) electrons. The molecule has 12 heteroatoms. The van der Waals surface area contributed by atoms with Crippen molar-refractivity contribution in [2.75, 3.05) is 27.3 Å². The first kappa shape index (κ1) is 32.5. The number of methoxy groups -OCH3 is 2. The molecule has 2 unspecified atom stereocenters. The van der Waals surface area contributed by atoms with Crippen LogP contribution < -0.4 is 16.0 Å². The number of hydrogen-bond acceptors (Lipinski definition) is 8. The van der Waals surface area contributed by atoms with E-state index in [4.69, 9.17) is 9.47 Å². The first-order valence-electron chi connectivity index (χ1n) is 13.7. The van der Waals surface area contributed by atoms with E-state index in [1.807, 2.05) is 64.4 Å². The van der Waals surface area contributed by atoms with Crippen LogP contribution in [0.5, 0.6) is 0 Å². The van der Waals surface area contributed by atoms with Gasteiger partial charge in [0, 0.05) is 40.2 Å². The zero-order chi connectivity index (χ0) is 30.3. The normalized spacial score (nSPS) is 18.7. The highest BCUT2D eigenvalue weighted by Crippen LogP contribution is 2.29. The molecule has 2 aromatic rings. The van der Waals surface area contributed by atoms with Crippen LogP contribution in [0.1, 0.15) is 57.8 Å². The van der Waals surface area contributed by atoms with E-state index < -0.39 is 41.8 Å². The van der Waals surface area contributed by atoms with Crippen LogP contribution in [0.2, 0.25) is 0 Å². The van der Waals surface area contributed by atoms with E-state index in [1.54, 1.807) is 11.3 Å². The van der Waals surface area contributed by atoms with Crippen molar-refractivity contribution >= 4 is 29.2 Å². The van der Waals surface area contributed by atoms with Gasteiger partial charge in [-0.1, -0.05) is 45.0 Å². The van der Waals surface area contributed by atoms with E-state index >= 15 is 0 Å². The Morgan fingerprint density at radius 3 is 2.37 bits per heavy atom. The number of aryl methyl sites for hydroxylation is 1. The molecule has 0 aliphatic carbocycles. The fraction of sp³-hybridized carbons (Fsp3) is 0.586. The van der Waals surface area contributed by atoms with Crippen molar-refractivity contribution in [2.24, 2.45) is 5.41 Å². The number of nitrogens with one attached hydrogen (secondary N) is 3. The lowest BCUT2D eigenvalue weighted by atomic mass is 9.85. The summed E-state index contributed by atoms with van der Waals surface area (Å²) in [5, 5.41) is 18.9. The Hall–Kier alpha value is -3.06. The second-order valence-electron chi connectivity index (χ2n) is 11.4. The average Bonchev–Trinajstić information content (AvgIpc) is 3.54. The first-order chi connectivity index (χ1) is 19.3. The van der Waals surface area contributed by atoms with E-state index in [0.29, 0.717) is 6.42 Å². The molecule has 226 valence electrons. The Balaban J connectivity index is 1.66. The average molecular weight is 590 g/mol. The van der Waals surface area contributed by atoms with Gasteiger partial charge in [0.2, 0.25) is 11.8 Å². The first-order valence-corrected chi connectivity index (χ1v) is 14.6. The predicted molar refractivity (Wildman–Crippen MR) is 157 cm³/mol. The van der Waals surface area contributed by atoms with Crippen molar-refractivity contribution in [3.05, 3.63) is 41.0 Å². The minimum atomic E-state index is -0.927. The number of benzene rings is 1. The number of aromatic nitrogens is 1. The standard InChI is InChI=1S/C29H43N5O6S/c1-17(19-8-10-20(11-9-19)24-18(2)31-16-41-24)32-26(36)22-14-21(35)15-34(22)27(37)25(29(3,4)5)33-28(38)30-13-12-23(39-6)40-7/h8-11,16-17,21-23,25,35H,12-15H2,1-7H3,(H,32,36)(H2,30,33,38)/t17?,21-,22+,25?/m1/s1. The third-order valence-corrected chi connectivity index (χ3v) is 8.20. The SMILES string of the molecule is COC(CCNC(=O)NC(C(=O)N1C[C@H](O)C[C@H]1C(=O)NC(C)c1ccc(-c2scnc2C)cc1)C(C)(C)C)OC. The van der Waals surface area contributed by atoms with Crippen LogP contribution in [0.3, 0.4) is 0 Å². The van der Waals surface area contributed by atoms with E-state index in [1.165, 1.54) is 19.1 Å². The highest BCUT2D eigenvalue weighted by atomic mass is 32.1. The molecule has 1 fully saturated rings. The molecule has 11 nitrogen and oxygen atoms in total. The zero-order valence-corrected chi connectivity index (χ0v) is 25.7. The number of urea groups is 1. The number of carbonyl (C=O) groups is 3. The summed E-state index contributed by atoms with van der Waals surface area (Å²) in [5.41, 5.74) is 4.10. The number of rotatable bonds is 11. The molecule has 0 saturated carbocycles. The molecule has 3 rings (SSSR count). The highest BCUT2D eigenvalue weighted by molar-refractivity contribution is 7.13. The lowest BCUT2D eigenvalue weighted by molar-refractivity contribution is -0.142. The maximum absolute atomic E-state index is 13.7. The molecule has 41 heavy (non-hydrogen) atoms. The van der Waals surface area contributed by atoms with Gasteiger partial charge in [-0.15, -0.1) is 11.3 Å². The van der Waals surface area contributed by atoms with E-state index in [-0.39, 0.29) is 31.5 Å². The molecule has 1 aliphatic heterocycles. The van der Waals surface area contributed by atoms with Crippen LogP contribution in [0.15, 0.2) is 29.8 Å². The summed E-state index contributed by atoms with van der Waals surface area (Å²) in [6.07, 6.45) is -0.752. The van der Waals surface area contributed by atoms with Gasteiger partial charge in [0.25, 0.3) is 0 Å². The lowest BCUT2D eigenvalue weighted by Crippen LogP contribution is -2.59. The van der Waals surface area contributed by atoms with Crippen molar-refractivity contribution in [3.8, 4) is 10.4 Å². The third-order valence-electron chi connectivity index (χ3n) is 7.22. The molecule has 0 spiro atoms. The summed E-state index contributed by atoms with van der Waals surface area (Å²) >= 11 is 1.58. The smallest absolute Gasteiger partial charge is 0.315 e. The Bertz CT molecular complexity index is 1180. The zero-order valence-electron chi connectivity index (χ0n) is 24.9. The quantitative estimate of drug-likeness (QED) is 0.295. The number of amides is 4. The van der Waals surface area contributed by atoms with Gasteiger partial charge < -0.3 is 35.4 Å². The minimum Gasteiger partial charge on any atom is -0.391 e. The number of β-amino-alcohol motifs (C(OH)–C–C–N with tert-alkyl or cyclic N) is 1. The molecule has 1 aromatic carbocycles. The predicted octanol–water partition coefficient (Wildman–Crippen LogP) is 2.98. The number of aliphatic hydroxyl groups excluding tert-OH is 1. The van der Waals surface area contributed by atoms with Gasteiger partial charge in [0.15, 0.2) is 6.29 Å². The van der Waals surface area contributed by atoms with Crippen molar-refractivity contribution in [1.29, 1.82) is 0 Å². The van der Waals surface area contributed by atoms with Crippen LogP contribution in [0, 0.1) is 12.3 Å². The van der Waals surface area contributed by atoms with Gasteiger partial charge in [-0.05, 0) is 30.4 Å². The molecule has 4 N–H and O–H groups in total. The van der Waals surface area contributed by atoms with E-state index in [2.05, 4.69) is 20.9 Å². The summed E-state index contributed by atoms with van der Waals surface area (Å²) in [6, 6.07) is 5.31. The van der Waals surface area contributed by atoms with Crippen molar-refractivity contribution in [1.82, 2.24) is 25.8 Å². The van der Waals surface area contributed by atoms with Gasteiger partial charge in [-0.3, -0.25) is 9.59 Å². The van der Waals surface area contributed by atoms with Gasteiger partial charge in [0.05, 0.1) is 28.2 Å². The van der Waals surface area contributed by atoms with Gasteiger partial charge in [-0.2, -0.15) is 0 Å². The maximum Gasteiger partial charge on any atom is 0.315 e. The fourth-order valence-electron chi connectivity index (χ4n) is 4.83. The van der Waals surface area contributed by atoms with Gasteiger partial charge in [-0.25, -0.2) is 9.78 Å². The summed E-state index contributed by atoms with van der Waals surface area (Å²) < 4.78 is 10.3. The molecule has 0 bridgehead atoms. The molecular formula is C29H43N5O6S. The van der Waals surface area contributed by atoms with E-state index in [9.17, 15) is 19.5 Å². The van der Waals surface area contributed by atoms with Crippen molar-refractivity contribution in [3.63, 3.8) is 0 Å². The topological polar surface area (TPSA) is 142 Å². The fourth-order valence-corrected chi connectivity index (χ4v) is 5.64. The summed E-state index contributed by atoms with van der Waals surface area (Å²) in [6.45, 7) is 9.64. The number of likely N-dealkylation sites (tertiary alicyclic amines) is 1. The molecule has 1 aromatic heterocycles. The molecule has 4 amide bonds. The molecule has 1 aliphatic rings. The monoisotopic (exact) mass is 589 g/mol. The van der Waals surface area contributed by atoms with Gasteiger partial charge >= 0.3 is 6.03 Å². The van der Waals surface area contributed by atoms with Crippen LogP contribution >= 0.6 is 11.3 Å². The van der Waals surface area contributed by atoms with Crippen LogP contribution in [-0.4, -0.2) is 84.6 Å². The number of aliphatic hydroxyl groups is 1. The molecule has 1 saturated heterocycles. The minimum absolute atomic E-state index is 0.00738. The largest absolute Gasteiger partial charge is 0.391 e. The number of nitrogens with zero attached hydrogens (tertiary/aromatic N) is 2. The summed E-state index contributed by atoms with van der Waals surface area (Å²) in [4.78, 5) is 46.6. The second-order valence-corrected chi connectivity index (χ2v) is 12.3. The number of hydrogen-bond donors (Lipinski definition) is 4. The third kappa shape index (κ3) is 8.48. The highest BCUT2D eigenvalue weighted by Gasteiger charge is 2.44. The van der Waals surface area contributed by atoms with Crippen LogP contribution in [0.4, 0.5) is 4.79 Å². The summed E-state index contributed by atoms with van der Waals surface area (Å²) in [5.74, 6) is -0.778. The number of ether oxygens (including phenoxy) is 2. The van der Waals surface area contributed by atoms with Crippen molar-refractivity contribution < 1.29 is 29.0 Å². The second kappa shape index (κ2) is 14.2. The number of thiazole rings is 1. The summed E-state index contributed by atoms with van der Waals surface area (Å²) in [7, 11) is 3.03. The molecular weight excluding hydrogens is 546 g/mol. The van der Waals surface area contributed by atoms with Crippen LogP contribution in [-0.2, 0) is 19.1 Å². The van der Waals surface area contributed by atoms with Crippen molar-refractivity contribution in [2.45, 2.75) is 78.0 Å². The van der Waals surface area contributed by atoms with Gasteiger partial charge in [0.1, 0.15) is 12.1 Å². The Morgan fingerprint density at radius 2 is 1.80 bits per heavy atom. The Kier molecular flexibility index (Phi) is 11.3. The Labute approximate surface area is 246 Å². The Morgan fingerprint density at radius 1 is 1.15 bits per heavy atom. The number of carbonyl (C=O) groups excluding carboxylic acids is 3. The van der Waals surface area contributed by atoms with Crippen LogP contribution in [0.25, 0.3) is 10.4 Å². The maximum atomic E-state index is 13.7.